The number of hydrogen-bond donors (Lipinski definition) is 1. The first-order chi connectivity index (χ1) is 10.1. The smallest absolute Gasteiger partial charge is 0.339 e. The van der Waals surface area contributed by atoms with E-state index in [4.69, 9.17) is 27.9 Å². The van der Waals surface area contributed by atoms with E-state index in [1.807, 2.05) is 30.3 Å². The Morgan fingerprint density at radius 3 is 2.67 bits per heavy atom. The second-order valence-corrected chi connectivity index (χ2v) is 4.90. The highest BCUT2D eigenvalue weighted by Gasteiger charge is 2.15. The predicted molar refractivity (Wildman–Crippen MR) is 85.7 cm³/mol. The molecule has 0 heterocycles. The summed E-state index contributed by atoms with van der Waals surface area (Å²) >= 11 is 12.0. The third kappa shape index (κ3) is 4.00. The summed E-state index contributed by atoms with van der Waals surface area (Å²) in [7, 11) is 1.29. The number of benzene rings is 2. The number of methoxy groups -OCH3 is 1. The zero-order chi connectivity index (χ0) is 15.2. The molecule has 0 unspecified atom stereocenters. The van der Waals surface area contributed by atoms with Crippen LogP contribution in [0.3, 0.4) is 0 Å². The van der Waals surface area contributed by atoms with Crippen LogP contribution in [0.5, 0.6) is 0 Å². The summed E-state index contributed by atoms with van der Waals surface area (Å²) in [6.45, 7) is 0. The molecule has 0 saturated carbocycles. The molecular formula is C16H12Cl2NO2. The quantitative estimate of drug-likeness (QED) is 0.832. The third-order valence-corrected chi connectivity index (χ3v) is 3.20. The number of para-hydroxylation sites is 1. The van der Waals surface area contributed by atoms with Crippen LogP contribution in [0.15, 0.2) is 42.6 Å². The third-order valence-electron chi connectivity index (χ3n) is 2.69. The zero-order valence-electron chi connectivity index (χ0n) is 11.2. The molecule has 0 saturated heterocycles. The minimum atomic E-state index is -0.543. The molecular weight excluding hydrogens is 309 g/mol. The van der Waals surface area contributed by atoms with Gasteiger partial charge < -0.3 is 10.1 Å². The number of nitrogens with one attached hydrogen (secondary N) is 1. The Morgan fingerprint density at radius 2 is 2.00 bits per heavy atom. The van der Waals surface area contributed by atoms with Crippen molar-refractivity contribution in [3.8, 4) is 0 Å². The highest BCUT2D eigenvalue weighted by atomic mass is 35.5. The van der Waals surface area contributed by atoms with Crippen molar-refractivity contribution in [2.45, 2.75) is 0 Å². The molecule has 0 fully saturated rings. The summed E-state index contributed by atoms with van der Waals surface area (Å²) in [4.78, 5) is 11.7. The van der Waals surface area contributed by atoms with Crippen LogP contribution in [0.2, 0.25) is 10.0 Å². The van der Waals surface area contributed by atoms with Crippen LogP contribution in [0, 0.1) is 6.07 Å². The zero-order valence-corrected chi connectivity index (χ0v) is 12.7. The van der Waals surface area contributed by atoms with Crippen molar-refractivity contribution in [3.63, 3.8) is 0 Å². The molecule has 0 atom stereocenters. The fourth-order valence-corrected chi connectivity index (χ4v) is 2.24. The van der Waals surface area contributed by atoms with Crippen molar-refractivity contribution in [3.05, 3.63) is 69.8 Å². The molecule has 3 nitrogen and oxygen atoms in total. The maximum atomic E-state index is 11.7. The van der Waals surface area contributed by atoms with Crippen LogP contribution in [0.4, 0.5) is 5.69 Å². The van der Waals surface area contributed by atoms with E-state index in [1.54, 1.807) is 12.3 Å². The summed E-state index contributed by atoms with van der Waals surface area (Å²) in [5.74, 6) is -0.543. The van der Waals surface area contributed by atoms with Gasteiger partial charge in [-0.25, -0.2) is 4.79 Å². The van der Waals surface area contributed by atoms with Gasteiger partial charge in [0.05, 0.1) is 22.7 Å². The largest absolute Gasteiger partial charge is 0.465 e. The highest BCUT2D eigenvalue weighted by Crippen LogP contribution is 2.26. The van der Waals surface area contributed by atoms with Gasteiger partial charge in [0.1, 0.15) is 0 Å². The SMILES string of the molecule is COC(=O)c1[c]c(Cl)cc(Cl)c1C=CNc1ccccc1. The number of anilines is 1. The van der Waals surface area contributed by atoms with Crippen LogP contribution >= 0.6 is 23.2 Å². The van der Waals surface area contributed by atoms with Gasteiger partial charge in [0.25, 0.3) is 0 Å². The lowest BCUT2D eigenvalue weighted by molar-refractivity contribution is 0.0600. The molecule has 0 aliphatic heterocycles. The van der Waals surface area contributed by atoms with Gasteiger partial charge in [-0.3, -0.25) is 0 Å². The first-order valence-corrected chi connectivity index (χ1v) is 6.85. The molecule has 2 aromatic carbocycles. The Hall–Kier alpha value is -1.97. The fraction of sp³-hybridized carbons (Fsp3) is 0.0625. The number of hydrogen-bond acceptors (Lipinski definition) is 3. The summed E-state index contributed by atoms with van der Waals surface area (Å²) in [6, 6.07) is 13.9. The summed E-state index contributed by atoms with van der Waals surface area (Å²) in [5, 5.41) is 3.69. The lowest BCUT2D eigenvalue weighted by atomic mass is 10.1. The number of rotatable bonds is 4. The second kappa shape index (κ2) is 7.16. The molecule has 1 N–H and O–H groups in total. The Morgan fingerprint density at radius 1 is 1.29 bits per heavy atom. The summed E-state index contributed by atoms with van der Waals surface area (Å²) in [6.07, 6.45) is 3.36. The van der Waals surface area contributed by atoms with Gasteiger partial charge >= 0.3 is 5.97 Å². The van der Waals surface area contributed by atoms with Gasteiger partial charge in [-0.15, -0.1) is 0 Å². The molecule has 1 radical (unpaired) electrons. The Labute approximate surface area is 133 Å². The number of ether oxygens (including phenoxy) is 1. The number of esters is 1. The Balaban J connectivity index is 2.28. The maximum absolute atomic E-state index is 11.7. The van der Waals surface area contributed by atoms with Gasteiger partial charge in [0, 0.05) is 23.5 Å². The first-order valence-electron chi connectivity index (χ1n) is 6.09. The van der Waals surface area contributed by atoms with Crippen molar-refractivity contribution in [1.29, 1.82) is 0 Å². The summed E-state index contributed by atoms with van der Waals surface area (Å²) in [5.41, 5.74) is 1.61. The predicted octanol–water partition coefficient (Wildman–Crippen LogP) is 4.66. The standard InChI is InChI=1S/C16H12Cl2NO2/c1-21-16(20)14-9-11(17)10-15(18)13(14)7-8-19-12-5-3-2-4-6-12/h2-8,10,19H,1H3. The molecule has 5 heteroatoms. The van der Waals surface area contributed by atoms with E-state index in [-0.39, 0.29) is 10.6 Å². The molecule has 107 valence electrons. The van der Waals surface area contributed by atoms with Crippen molar-refractivity contribution >= 4 is 40.9 Å². The van der Waals surface area contributed by atoms with Crippen LogP contribution < -0.4 is 5.32 Å². The van der Waals surface area contributed by atoms with E-state index in [1.165, 1.54) is 13.2 Å². The molecule has 0 aliphatic carbocycles. The maximum Gasteiger partial charge on any atom is 0.339 e. The average Bonchev–Trinajstić information content (AvgIpc) is 2.49. The molecule has 2 rings (SSSR count). The van der Waals surface area contributed by atoms with Gasteiger partial charge in [-0.1, -0.05) is 41.4 Å². The van der Waals surface area contributed by atoms with Gasteiger partial charge in [0.2, 0.25) is 0 Å². The van der Waals surface area contributed by atoms with Gasteiger partial charge in [-0.2, -0.15) is 0 Å². The Kier molecular flexibility index (Phi) is 5.26. The van der Waals surface area contributed by atoms with Gasteiger partial charge in [-0.05, 0) is 24.3 Å². The highest BCUT2D eigenvalue weighted by molar-refractivity contribution is 6.36. The van der Waals surface area contributed by atoms with Crippen molar-refractivity contribution in [1.82, 2.24) is 0 Å². The van der Waals surface area contributed by atoms with E-state index in [0.29, 0.717) is 10.6 Å². The molecule has 0 aromatic heterocycles. The van der Waals surface area contributed by atoms with Crippen LogP contribution in [-0.4, -0.2) is 13.1 Å². The molecule has 0 bridgehead atoms. The van der Waals surface area contributed by atoms with E-state index in [0.717, 1.165) is 5.69 Å². The minimum absolute atomic E-state index is 0.195. The molecule has 2 aromatic rings. The molecule has 0 spiro atoms. The van der Waals surface area contributed by atoms with E-state index in [9.17, 15) is 4.79 Å². The van der Waals surface area contributed by atoms with Crippen molar-refractivity contribution in [2.24, 2.45) is 0 Å². The lowest BCUT2D eigenvalue weighted by Gasteiger charge is -2.07. The van der Waals surface area contributed by atoms with E-state index < -0.39 is 5.97 Å². The van der Waals surface area contributed by atoms with Crippen molar-refractivity contribution < 1.29 is 9.53 Å². The lowest BCUT2D eigenvalue weighted by Crippen LogP contribution is -2.04. The summed E-state index contributed by atoms with van der Waals surface area (Å²) < 4.78 is 4.71. The molecule has 21 heavy (non-hydrogen) atoms. The fourth-order valence-electron chi connectivity index (χ4n) is 1.71. The van der Waals surface area contributed by atoms with Crippen LogP contribution in [0.25, 0.3) is 6.08 Å². The number of carbonyl (C=O) groups excluding carboxylic acids is 1. The van der Waals surface area contributed by atoms with E-state index in [2.05, 4.69) is 11.4 Å². The van der Waals surface area contributed by atoms with Crippen molar-refractivity contribution in [2.75, 3.05) is 12.4 Å². The topological polar surface area (TPSA) is 38.3 Å². The number of halogens is 2. The molecule has 0 aliphatic rings. The van der Waals surface area contributed by atoms with Crippen LogP contribution in [0.1, 0.15) is 15.9 Å². The second-order valence-electron chi connectivity index (χ2n) is 4.09. The average molecular weight is 321 g/mol. The molecule has 0 amide bonds. The van der Waals surface area contributed by atoms with Crippen LogP contribution in [-0.2, 0) is 4.74 Å². The number of carbonyl (C=O) groups is 1. The monoisotopic (exact) mass is 320 g/mol. The first kappa shape index (κ1) is 15.4. The van der Waals surface area contributed by atoms with E-state index >= 15 is 0 Å². The normalized spacial score (nSPS) is 10.6. The Bertz CT molecular complexity index is 669. The van der Waals surface area contributed by atoms with Gasteiger partial charge in [0.15, 0.2) is 0 Å². The minimum Gasteiger partial charge on any atom is -0.465 e.